The van der Waals surface area contributed by atoms with Crippen LogP contribution in [0.4, 0.5) is 31.5 Å². The molecule has 3 fully saturated rings. The van der Waals surface area contributed by atoms with Gasteiger partial charge in [-0.05, 0) is 76.1 Å². The van der Waals surface area contributed by atoms with E-state index in [9.17, 15) is 28.3 Å². The number of carbonyl (C=O) groups excluding carboxylic acids is 3. The molecular formula is C37H45F2N11O5. The van der Waals surface area contributed by atoms with E-state index in [4.69, 9.17) is 4.74 Å². The van der Waals surface area contributed by atoms with Crippen LogP contribution in [0, 0.1) is 5.92 Å². The summed E-state index contributed by atoms with van der Waals surface area (Å²) in [6.07, 6.45) is 11.2. The van der Waals surface area contributed by atoms with Gasteiger partial charge in [0.2, 0.25) is 18.2 Å². The maximum atomic E-state index is 13.3. The van der Waals surface area contributed by atoms with Crippen molar-refractivity contribution in [2.24, 2.45) is 5.92 Å². The fourth-order valence-electron chi connectivity index (χ4n) is 8.74. The van der Waals surface area contributed by atoms with Crippen LogP contribution in [0.25, 0.3) is 5.65 Å². The van der Waals surface area contributed by atoms with E-state index in [1.54, 1.807) is 39.1 Å². The van der Waals surface area contributed by atoms with E-state index in [0.717, 1.165) is 75.2 Å². The molecule has 2 atom stereocenters. The predicted molar refractivity (Wildman–Crippen MR) is 198 cm³/mol. The predicted octanol–water partition coefficient (Wildman–Crippen LogP) is 3.45. The van der Waals surface area contributed by atoms with Gasteiger partial charge in [0.1, 0.15) is 17.3 Å². The molecule has 1 aromatic carbocycles. The summed E-state index contributed by atoms with van der Waals surface area (Å²) in [6.45, 7) is -0.471. The summed E-state index contributed by atoms with van der Waals surface area (Å²) >= 11 is 0. The second kappa shape index (κ2) is 15.1. The molecule has 3 aromatic heterocycles. The maximum Gasteiger partial charge on any atom is 0.388 e. The third kappa shape index (κ3) is 7.15. The summed E-state index contributed by atoms with van der Waals surface area (Å²) in [5, 5.41) is 24.8. The van der Waals surface area contributed by atoms with E-state index in [-0.39, 0.29) is 41.4 Å². The van der Waals surface area contributed by atoms with Crippen LogP contribution in [-0.4, -0.2) is 111 Å². The lowest BCUT2D eigenvalue weighted by Crippen LogP contribution is -2.56. The second-order valence-corrected chi connectivity index (χ2v) is 14.9. The van der Waals surface area contributed by atoms with Crippen molar-refractivity contribution >= 4 is 46.1 Å². The number of nitrogens with zero attached hydrogens (tertiary/aromatic N) is 9. The Morgan fingerprint density at radius 3 is 2.60 bits per heavy atom. The Kier molecular flexibility index (Phi) is 10.0. The summed E-state index contributed by atoms with van der Waals surface area (Å²) in [7, 11) is 4.01. The van der Waals surface area contributed by atoms with Crippen LogP contribution < -0.4 is 30.1 Å². The molecule has 55 heavy (non-hydrogen) atoms. The monoisotopic (exact) mass is 761 g/mol. The van der Waals surface area contributed by atoms with Crippen LogP contribution in [-0.2, 0) is 9.59 Å². The molecule has 0 spiro atoms. The van der Waals surface area contributed by atoms with Crippen molar-refractivity contribution < 1.29 is 33.0 Å². The highest BCUT2D eigenvalue weighted by Crippen LogP contribution is 2.47. The summed E-state index contributed by atoms with van der Waals surface area (Å²) in [6, 6.07) is 7.39. The number of amides is 3. The average Bonchev–Trinajstić information content (AvgIpc) is 3.86. The Morgan fingerprint density at radius 2 is 1.85 bits per heavy atom. The lowest BCUT2D eigenvalue weighted by molar-refractivity contribution is -0.134. The molecular weight excluding hydrogens is 716 g/mol. The van der Waals surface area contributed by atoms with Crippen molar-refractivity contribution in [3.8, 4) is 5.88 Å². The normalized spacial score (nSPS) is 23.5. The van der Waals surface area contributed by atoms with Gasteiger partial charge in [0.05, 0.1) is 35.5 Å². The molecule has 0 radical (unpaired) electrons. The molecule has 292 valence electrons. The van der Waals surface area contributed by atoms with Crippen molar-refractivity contribution in [1.29, 1.82) is 0 Å². The van der Waals surface area contributed by atoms with Crippen molar-refractivity contribution in [2.75, 3.05) is 53.7 Å². The number of alkyl halides is 2. The minimum absolute atomic E-state index is 0.0238. The molecule has 4 aliphatic rings. The van der Waals surface area contributed by atoms with Crippen LogP contribution in [0.5, 0.6) is 5.88 Å². The zero-order chi connectivity index (χ0) is 38.4. The Hall–Kier alpha value is -5.36. The highest BCUT2D eigenvalue weighted by molar-refractivity contribution is 6.08. The lowest BCUT2D eigenvalue weighted by atomic mass is 9.85. The molecule has 2 unspecified atom stereocenters. The fraction of sp³-hybridized carbons (Fsp3) is 0.514. The molecule has 3 amide bonds. The van der Waals surface area contributed by atoms with Gasteiger partial charge in [0, 0.05) is 51.5 Å². The van der Waals surface area contributed by atoms with E-state index >= 15 is 0 Å². The lowest BCUT2D eigenvalue weighted by Gasteiger charge is -2.40. The third-order valence-corrected chi connectivity index (χ3v) is 11.6. The van der Waals surface area contributed by atoms with E-state index in [0.29, 0.717) is 24.0 Å². The number of imide groups is 1. The van der Waals surface area contributed by atoms with E-state index < -0.39 is 24.9 Å². The number of nitrogens with one attached hydrogen (secondary N) is 2. The number of aliphatic hydroxyl groups excluding tert-OH is 1. The number of rotatable bonds is 10. The second-order valence-electron chi connectivity index (χ2n) is 14.9. The molecule has 8 rings (SSSR count). The molecule has 18 heteroatoms. The maximum absolute atomic E-state index is 13.3. The van der Waals surface area contributed by atoms with Gasteiger partial charge in [0.15, 0.2) is 5.65 Å². The van der Waals surface area contributed by atoms with Gasteiger partial charge in [-0.15, -0.1) is 5.10 Å². The van der Waals surface area contributed by atoms with Crippen molar-refractivity contribution in [1.82, 2.24) is 34.6 Å². The van der Waals surface area contributed by atoms with Gasteiger partial charge >= 0.3 is 6.61 Å². The smallest absolute Gasteiger partial charge is 0.388 e. The van der Waals surface area contributed by atoms with Crippen LogP contribution in [0.2, 0.25) is 0 Å². The Morgan fingerprint density at radius 1 is 1.09 bits per heavy atom. The topological polar surface area (TPSA) is 166 Å². The number of benzene rings is 1. The third-order valence-electron chi connectivity index (χ3n) is 11.6. The first-order chi connectivity index (χ1) is 26.5. The highest BCUT2D eigenvalue weighted by Gasteiger charge is 2.43. The molecule has 16 nitrogen and oxygen atoms in total. The summed E-state index contributed by atoms with van der Waals surface area (Å²) in [5.41, 5.74) is 3.28. The molecule has 2 saturated heterocycles. The Bertz CT molecular complexity index is 2060. The number of hydrogen-bond donors (Lipinski definition) is 3. The summed E-state index contributed by atoms with van der Waals surface area (Å²) in [4.78, 5) is 50.2. The summed E-state index contributed by atoms with van der Waals surface area (Å²) < 4.78 is 34.5. The number of halogens is 2. The van der Waals surface area contributed by atoms with Gasteiger partial charge in [-0.3, -0.25) is 24.4 Å². The number of hydrogen-bond acceptors (Lipinski definition) is 12. The molecule has 1 aliphatic carbocycles. The molecule has 6 heterocycles. The first-order valence-corrected chi connectivity index (χ1v) is 18.8. The van der Waals surface area contributed by atoms with Crippen molar-refractivity contribution in [2.45, 2.75) is 82.5 Å². The van der Waals surface area contributed by atoms with Gasteiger partial charge < -0.3 is 34.8 Å². The standard InChI is InChI=1S/C37H45F2N11O5/c1-45(23-13-17-47(18-14-23)27-5-3-6-28-31(27)46(2)37(54)50(28)29-11-12-30(51)43-34(29)53)20-22-7-9-24(10-8-22)49-21-26(35(44-49)55-36(38)39)42-33(52)25-19-41-48-16-4-15-40-32(25)48/h3-6,15-16,19,21-24,29,36-37,54H,7-14,17-18,20H2,1-2H3,(H,42,52)(H,43,51,53)/t22-,24-,29?,37?. The van der Waals surface area contributed by atoms with Crippen molar-refractivity contribution in [3.05, 3.63) is 54.6 Å². The van der Waals surface area contributed by atoms with E-state index in [1.807, 2.05) is 19.2 Å². The van der Waals surface area contributed by atoms with Crippen LogP contribution in [0.15, 0.2) is 49.1 Å². The number of ether oxygens (including phenoxy) is 1. The number of piperidine rings is 2. The molecule has 4 aromatic rings. The zero-order valence-corrected chi connectivity index (χ0v) is 30.7. The van der Waals surface area contributed by atoms with Gasteiger partial charge in [0.25, 0.3) is 11.8 Å². The van der Waals surface area contributed by atoms with Gasteiger partial charge in [-0.1, -0.05) is 6.07 Å². The number of aliphatic hydroxyl groups is 1. The van der Waals surface area contributed by atoms with Crippen LogP contribution in [0.3, 0.4) is 0 Å². The quantitative estimate of drug-likeness (QED) is 0.202. The average molecular weight is 762 g/mol. The molecule has 3 N–H and O–H groups in total. The molecule has 0 bridgehead atoms. The highest BCUT2D eigenvalue weighted by atomic mass is 19.3. The minimum Gasteiger partial charge on any atom is -0.413 e. The Balaban J connectivity index is 0.857. The van der Waals surface area contributed by atoms with Crippen LogP contribution >= 0.6 is 0 Å². The number of carbonyl (C=O) groups is 3. The van der Waals surface area contributed by atoms with Gasteiger partial charge in [-0.2, -0.15) is 13.9 Å². The number of anilines is 4. The van der Waals surface area contributed by atoms with Crippen molar-refractivity contribution in [3.63, 3.8) is 0 Å². The first kappa shape index (κ1) is 36.6. The zero-order valence-electron chi connectivity index (χ0n) is 30.7. The Labute approximate surface area is 316 Å². The minimum atomic E-state index is -3.10. The van der Waals surface area contributed by atoms with Gasteiger partial charge in [-0.25, -0.2) is 9.50 Å². The fourth-order valence-corrected chi connectivity index (χ4v) is 8.74. The molecule has 1 saturated carbocycles. The summed E-state index contributed by atoms with van der Waals surface area (Å²) in [5.74, 6) is -1.10. The SMILES string of the molecule is CN(C[C@H]1CC[C@H](n2cc(NC(=O)c3cnn4cccnc34)c(OC(F)F)n2)CC1)C1CCN(c2cccc3c2N(C)C(O)N3C2CCC(=O)NC2=O)CC1. The number of para-hydroxylation sites is 1. The largest absolute Gasteiger partial charge is 0.413 e. The van der Waals surface area contributed by atoms with E-state index in [2.05, 4.69) is 48.7 Å². The first-order valence-electron chi connectivity index (χ1n) is 18.8. The number of fused-ring (bicyclic) bond motifs is 2. The van der Waals surface area contributed by atoms with E-state index in [1.165, 1.54) is 10.7 Å². The molecule has 3 aliphatic heterocycles. The number of aromatic nitrogens is 5. The van der Waals surface area contributed by atoms with Crippen LogP contribution in [0.1, 0.15) is 67.8 Å².